The molecule has 0 saturated carbocycles. The molecule has 1 atom stereocenters. The van der Waals surface area contributed by atoms with Crippen LogP contribution in [0.15, 0.2) is 42.5 Å². The van der Waals surface area contributed by atoms with Gasteiger partial charge in [0.25, 0.3) is 11.6 Å². The second-order valence-corrected chi connectivity index (χ2v) is 4.97. The molecule has 0 saturated heterocycles. The number of esters is 1. The van der Waals surface area contributed by atoms with Crippen LogP contribution in [0.25, 0.3) is 0 Å². The number of rotatable bonds is 5. The maximum absolute atomic E-state index is 13.1. The predicted molar refractivity (Wildman–Crippen MR) is 83.0 cm³/mol. The standard InChI is InChI=1S/C16H12F2N2O5/c1-9(25-16(22)10-6-11(17)8-12(18)7-10)15(21)19-13-4-2-3-5-14(13)20(23)24/h2-9H,1H3,(H,19,21)/t9-/m0/s1. The number of benzene rings is 2. The molecular weight excluding hydrogens is 338 g/mol. The Labute approximate surface area is 140 Å². The van der Waals surface area contributed by atoms with E-state index in [4.69, 9.17) is 4.74 Å². The van der Waals surface area contributed by atoms with Gasteiger partial charge in [-0.05, 0) is 25.1 Å². The number of amides is 1. The molecule has 0 aromatic heterocycles. The number of halogens is 2. The van der Waals surface area contributed by atoms with Crippen molar-refractivity contribution in [3.05, 3.63) is 69.8 Å². The lowest BCUT2D eigenvalue weighted by molar-refractivity contribution is -0.383. The number of nitro groups is 1. The summed E-state index contributed by atoms with van der Waals surface area (Å²) in [6.45, 7) is 1.22. The summed E-state index contributed by atoms with van der Waals surface area (Å²) in [5.74, 6) is -3.88. The van der Waals surface area contributed by atoms with E-state index in [1.165, 1.54) is 31.2 Å². The minimum absolute atomic E-state index is 0.0720. The highest BCUT2D eigenvalue weighted by atomic mass is 19.1. The zero-order chi connectivity index (χ0) is 18.6. The van der Waals surface area contributed by atoms with Gasteiger partial charge in [0.1, 0.15) is 17.3 Å². The van der Waals surface area contributed by atoms with Gasteiger partial charge in [0.2, 0.25) is 0 Å². The molecule has 130 valence electrons. The van der Waals surface area contributed by atoms with Crippen molar-refractivity contribution in [3.63, 3.8) is 0 Å². The van der Waals surface area contributed by atoms with Crippen LogP contribution in [0.2, 0.25) is 0 Å². The molecule has 2 aromatic carbocycles. The number of ether oxygens (including phenoxy) is 1. The quantitative estimate of drug-likeness (QED) is 0.508. The summed E-state index contributed by atoms with van der Waals surface area (Å²) in [5, 5.41) is 13.2. The number of carbonyl (C=O) groups excluding carboxylic acids is 2. The van der Waals surface area contributed by atoms with Crippen molar-refractivity contribution in [2.75, 3.05) is 5.32 Å². The molecule has 0 radical (unpaired) electrons. The number of hydrogen-bond acceptors (Lipinski definition) is 5. The summed E-state index contributed by atoms with van der Waals surface area (Å²) in [6, 6.07) is 7.52. The van der Waals surface area contributed by atoms with Crippen molar-refractivity contribution >= 4 is 23.3 Å². The zero-order valence-corrected chi connectivity index (χ0v) is 12.9. The minimum Gasteiger partial charge on any atom is -0.449 e. The van der Waals surface area contributed by atoms with Crippen LogP contribution in [0, 0.1) is 21.7 Å². The Morgan fingerprint density at radius 1 is 1.16 bits per heavy atom. The number of nitrogens with zero attached hydrogens (tertiary/aromatic N) is 1. The van der Waals surface area contributed by atoms with Gasteiger partial charge in [-0.1, -0.05) is 12.1 Å². The summed E-state index contributed by atoms with van der Waals surface area (Å²) in [4.78, 5) is 34.1. The Morgan fingerprint density at radius 3 is 2.36 bits per heavy atom. The maximum Gasteiger partial charge on any atom is 0.339 e. The van der Waals surface area contributed by atoms with E-state index in [2.05, 4.69) is 5.32 Å². The van der Waals surface area contributed by atoms with Crippen LogP contribution >= 0.6 is 0 Å². The summed E-state index contributed by atoms with van der Waals surface area (Å²) < 4.78 is 31.0. The highest BCUT2D eigenvalue weighted by molar-refractivity contribution is 5.98. The average molecular weight is 350 g/mol. The van der Waals surface area contributed by atoms with Crippen molar-refractivity contribution in [1.29, 1.82) is 0 Å². The molecule has 9 heteroatoms. The van der Waals surface area contributed by atoms with Crippen molar-refractivity contribution in [3.8, 4) is 0 Å². The van der Waals surface area contributed by atoms with Crippen LogP contribution in [-0.2, 0) is 9.53 Å². The maximum atomic E-state index is 13.1. The highest BCUT2D eigenvalue weighted by Gasteiger charge is 2.22. The summed E-state index contributed by atoms with van der Waals surface area (Å²) in [5.41, 5.74) is -0.804. The molecule has 0 spiro atoms. The predicted octanol–water partition coefficient (Wildman–Crippen LogP) is 3.06. The average Bonchev–Trinajstić information content (AvgIpc) is 2.54. The van der Waals surface area contributed by atoms with E-state index < -0.39 is 40.1 Å². The molecule has 0 aliphatic rings. The van der Waals surface area contributed by atoms with Crippen molar-refractivity contribution < 1.29 is 28.0 Å². The van der Waals surface area contributed by atoms with Gasteiger partial charge in [-0.3, -0.25) is 14.9 Å². The zero-order valence-electron chi connectivity index (χ0n) is 12.9. The first kappa shape index (κ1) is 18.0. The van der Waals surface area contributed by atoms with Crippen LogP contribution in [0.4, 0.5) is 20.2 Å². The molecule has 2 aromatic rings. The third kappa shape index (κ3) is 4.56. The fraction of sp³-hybridized carbons (Fsp3) is 0.125. The Hall–Kier alpha value is -3.36. The molecular formula is C16H12F2N2O5. The first-order valence-electron chi connectivity index (χ1n) is 6.99. The van der Waals surface area contributed by atoms with E-state index in [-0.39, 0.29) is 11.4 Å². The van der Waals surface area contributed by atoms with Gasteiger partial charge in [0, 0.05) is 12.1 Å². The van der Waals surface area contributed by atoms with Crippen LogP contribution in [0.3, 0.4) is 0 Å². The van der Waals surface area contributed by atoms with Gasteiger partial charge in [0.15, 0.2) is 6.10 Å². The Kier molecular flexibility index (Phi) is 5.38. The molecule has 0 bridgehead atoms. The summed E-state index contributed by atoms with van der Waals surface area (Å²) in [7, 11) is 0. The number of nitro benzene ring substituents is 1. The van der Waals surface area contributed by atoms with E-state index in [0.717, 1.165) is 12.1 Å². The van der Waals surface area contributed by atoms with Crippen LogP contribution in [0.5, 0.6) is 0 Å². The lowest BCUT2D eigenvalue weighted by Gasteiger charge is -2.13. The third-order valence-electron chi connectivity index (χ3n) is 3.11. The van der Waals surface area contributed by atoms with Crippen molar-refractivity contribution in [1.82, 2.24) is 0 Å². The molecule has 0 aliphatic heterocycles. The monoisotopic (exact) mass is 350 g/mol. The molecule has 1 amide bonds. The molecule has 1 N–H and O–H groups in total. The summed E-state index contributed by atoms with van der Waals surface area (Å²) in [6.07, 6.45) is -1.35. The van der Waals surface area contributed by atoms with Gasteiger partial charge in [-0.2, -0.15) is 0 Å². The lowest BCUT2D eigenvalue weighted by Crippen LogP contribution is -2.30. The van der Waals surface area contributed by atoms with E-state index in [0.29, 0.717) is 6.07 Å². The van der Waals surface area contributed by atoms with E-state index in [1.807, 2.05) is 0 Å². The number of carbonyl (C=O) groups is 2. The molecule has 0 fully saturated rings. The molecule has 0 aliphatic carbocycles. The Balaban J connectivity index is 2.08. The lowest BCUT2D eigenvalue weighted by atomic mass is 10.2. The normalized spacial score (nSPS) is 11.5. The number of para-hydroxylation sites is 2. The summed E-state index contributed by atoms with van der Waals surface area (Å²) >= 11 is 0. The van der Waals surface area contributed by atoms with Crippen molar-refractivity contribution in [2.24, 2.45) is 0 Å². The highest BCUT2D eigenvalue weighted by Crippen LogP contribution is 2.23. The first-order valence-corrected chi connectivity index (χ1v) is 6.99. The SMILES string of the molecule is C[C@H](OC(=O)c1cc(F)cc(F)c1)C(=O)Nc1ccccc1[N+](=O)[O-]. The van der Waals surface area contributed by atoms with Gasteiger partial charge >= 0.3 is 5.97 Å². The van der Waals surface area contributed by atoms with Crippen LogP contribution in [0.1, 0.15) is 17.3 Å². The molecule has 0 heterocycles. The third-order valence-corrected chi connectivity index (χ3v) is 3.11. The van der Waals surface area contributed by atoms with E-state index in [9.17, 15) is 28.5 Å². The van der Waals surface area contributed by atoms with Crippen LogP contribution in [-0.4, -0.2) is 22.9 Å². The molecule has 2 rings (SSSR count). The second-order valence-electron chi connectivity index (χ2n) is 4.97. The minimum atomic E-state index is -1.35. The molecule has 25 heavy (non-hydrogen) atoms. The second kappa shape index (κ2) is 7.47. The van der Waals surface area contributed by atoms with Crippen LogP contribution < -0.4 is 5.32 Å². The number of hydrogen-bond donors (Lipinski definition) is 1. The Morgan fingerprint density at radius 2 is 1.76 bits per heavy atom. The van der Waals surface area contributed by atoms with Gasteiger partial charge < -0.3 is 10.1 Å². The van der Waals surface area contributed by atoms with Gasteiger partial charge in [0.05, 0.1) is 10.5 Å². The first-order chi connectivity index (χ1) is 11.8. The largest absolute Gasteiger partial charge is 0.449 e. The van der Waals surface area contributed by atoms with E-state index >= 15 is 0 Å². The fourth-order valence-corrected chi connectivity index (χ4v) is 1.93. The van der Waals surface area contributed by atoms with E-state index in [1.54, 1.807) is 0 Å². The number of anilines is 1. The topological polar surface area (TPSA) is 98.5 Å². The number of nitrogens with one attached hydrogen (secondary N) is 1. The Bertz CT molecular complexity index is 821. The van der Waals surface area contributed by atoms with Crippen molar-refractivity contribution in [2.45, 2.75) is 13.0 Å². The smallest absolute Gasteiger partial charge is 0.339 e. The van der Waals surface area contributed by atoms with Gasteiger partial charge in [-0.15, -0.1) is 0 Å². The molecule has 7 nitrogen and oxygen atoms in total. The molecule has 0 unspecified atom stereocenters. The fourth-order valence-electron chi connectivity index (χ4n) is 1.93. The van der Waals surface area contributed by atoms with Gasteiger partial charge in [-0.25, -0.2) is 13.6 Å².